The van der Waals surface area contributed by atoms with E-state index in [-0.39, 0.29) is 53.8 Å². The van der Waals surface area contributed by atoms with Crippen LogP contribution in [0.25, 0.3) is 0 Å². The Labute approximate surface area is 222 Å². The number of aromatic nitrogens is 1. The van der Waals surface area contributed by atoms with Crippen molar-refractivity contribution in [3.05, 3.63) is 93.9 Å². The molecular formula is C27H21ClFN5O4. The number of hydrogen-bond donors (Lipinski definition) is 1. The second-order valence-corrected chi connectivity index (χ2v) is 9.25. The maximum absolute atomic E-state index is 14.7. The molecule has 192 valence electrons. The average molecular weight is 534 g/mol. The van der Waals surface area contributed by atoms with Crippen molar-refractivity contribution in [3.63, 3.8) is 0 Å². The summed E-state index contributed by atoms with van der Waals surface area (Å²) in [5.41, 5.74) is 1.20. The summed E-state index contributed by atoms with van der Waals surface area (Å²) in [4.78, 5) is 46.0. The molecule has 1 saturated heterocycles. The van der Waals surface area contributed by atoms with Crippen molar-refractivity contribution < 1.29 is 23.5 Å². The molecule has 0 spiro atoms. The summed E-state index contributed by atoms with van der Waals surface area (Å²) in [7, 11) is 0. The van der Waals surface area contributed by atoms with E-state index in [2.05, 4.69) is 10.3 Å². The molecule has 38 heavy (non-hydrogen) atoms. The smallest absolute Gasteiger partial charge is 0.410 e. The summed E-state index contributed by atoms with van der Waals surface area (Å²) in [5.74, 6) is -2.04. The summed E-state index contributed by atoms with van der Waals surface area (Å²) in [6.07, 6.45) is -0.350. The molecule has 2 aromatic carbocycles. The molecule has 2 atom stereocenters. The Morgan fingerprint density at radius 1 is 1.13 bits per heavy atom. The van der Waals surface area contributed by atoms with Crippen LogP contribution in [0.1, 0.15) is 38.3 Å². The van der Waals surface area contributed by atoms with Crippen LogP contribution in [-0.2, 0) is 11.3 Å². The Morgan fingerprint density at radius 2 is 1.79 bits per heavy atom. The van der Waals surface area contributed by atoms with Crippen LogP contribution in [0.4, 0.5) is 15.0 Å². The number of anilines is 1. The van der Waals surface area contributed by atoms with Crippen molar-refractivity contribution in [2.45, 2.75) is 25.1 Å². The summed E-state index contributed by atoms with van der Waals surface area (Å²) < 4.78 is 20.2. The van der Waals surface area contributed by atoms with Crippen molar-refractivity contribution in [2.24, 2.45) is 0 Å². The fraction of sp³-hybridized carbons (Fsp3) is 0.222. The second-order valence-electron chi connectivity index (χ2n) is 8.89. The topological polar surface area (TPSA) is 116 Å². The highest BCUT2D eigenvalue weighted by molar-refractivity contribution is 6.30. The predicted molar refractivity (Wildman–Crippen MR) is 135 cm³/mol. The van der Waals surface area contributed by atoms with E-state index in [4.69, 9.17) is 21.6 Å². The van der Waals surface area contributed by atoms with Crippen LogP contribution in [0, 0.1) is 17.1 Å². The summed E-state index contributed by atoms with van der Waals surface area (Å²) >= 11 is 6.01. The number of nitrogens with zero attached hydrogens (tertiary/aromatic N) is 4. The van der Waals surface area contributed by atoms with Gasteiger partial charge in [-0.25, -0.2) is 14.2 Å². The van der Waals surface area contributed by atoms with Gasteiger partial charge in [0, 0.05) is 13.1 Å². The Morgan fingerprint density at radius 3 is 2.45 bits per heavy atom. The fourth-order valence-corrected chi connectivity index (χ4v) is 4.85. The van der Waals surface area contributed by atoms with Gasteiger partial charge < -0.3 is 15.0 Å². The van der Waals surface area contributed by atoms with E-state index >= 15 is 0 Å². The predicted octanol–water partition coefficient (Wildman–Crippen LogP) is 4.23. The fourth-order valence-electron chi connectivity index (χ4n) is 4.67. The van der Waals surface area contributed by atoms with Gasteiger partial charge in [0.15, 0.2) is 11.6 Å². The van der Waals surface area contributed by atoms with Crippen LogP contribution in [0.2, 0.25) is 5.15 Å². The van der Waals surface area contributed by atoms with Gasteiger partial charge in [0.25, 0.3) is 11.8 Å². The first-order valence-corrected chi connectivity index (χ1v) is 12.2. The molecular weight excluding hydrogens is 513 g/mol. The van der Waals surface area contributed by atoms with E-state index < -0.39 is 35.8 Å². The number of carbonyl (C=O) groups is 3. The minimum Gasteiger partial charge on any atom is -0.445 e. The standard InChI is InChI=1S/C27H21ClFN5O4/c28-23-17(13-30)12-20(29)24(32-23)31-21-10-11-33(27(37)38-15-16-6-2-1-3-7-16)14-22(21)34-25(35)18-8-4-5-9-19(18)26(34)36/h1-9,12,21-22H,10-11,14-15H2,(H,31,32)/t21-,22+/m1/s1. The quantitative estimate of drug-likeness (QED) is 0.385. The highest BCUT2D eigenvalue weighted by Gasteiger charge is 2.46. The average Bonchev–Trinajstić information content (AvgIpc) is 3.19. The third-order valence-corrected chi connectivity index (χ3v) is 6.86. The van der Waals surface area contributed by atoms with Gasteiger partial charge in [-0.1, -0.05) is 54.1 Å². The Bertz CT molecular complexity index is 1430. The lowest BCUT2D eigenvalue weighted by Gasteiger charge is -2.41. The number of imide groups is 1. The molecule has 5 rings (SSSR count). The summed E-state index contributed by atoms with van der Waals surface area (Å²) in [6, 6.07) is 16.8. The number of rotatable bonds is 5. The van der Waals surface area contributed by atoms with Crippen molar-refractivity contribution >= 4 is 35.3 Å². The lowest BCUT2D eigenvalue weighted by Crippen LogP contribution is -2.60. The van der Waals surface area contributed by atoms with Gasteiger partial charge in [0.2, 0.25) is 0 Å². The van der Waals surface area contributed by atoms with Crippen LogP contribution in [0.15, 0.2) is 60.7 Å². The number of nitrogens with one attached hydrogen (secondary N) is 1. The van der Waals surface area contributed by atoms with Crippen molar-refractivity contribution in [2.75, 3.05) is 18.4 Å². The molecule has 3 heterocycles. The zero-order chi connectivity index (χ0) is 26.8. The minimum atomic E-state index is -0.865. The van der Waals surface area contributed by atoms with E-state index in [1.807, 2.05) is 30.3 Å². The summed E-state index contributed by atoms with van der Waals surface area (Å²) in [6.45, 7) is 0.243. The first kappa shape index (κ1) is 25.2. The first-order valence-electron chi connectivity index (χ1n) is 11.8. The molecule has 0 radical (unpaired) electrons. The monoisotopic (exact) mass is 533 g/mol. The third kappa shape index (κ3) is 4.76. The first-order chi connectivity index (χ1) is 18.4. The number of hydrogen-bond acceptors (Lipinski definition) is 7. The molecule has 0 saturated carbocycles. The molecule has 2 aliphatic rings. The molecule has 1 N–H and O–H groups in total. The number of carbonyl (C=O) groups excluding carboxylic acids is 3. The van der Waals surface area contributed by atoms with Gasteiger partial charge in [0.1, 0.15) is 17.8 Å². The van der Waals surface area contributed by atoms with Gasteiger partial charge >= 0.3 is 6.09 Å². The lowest BCUT2D eigenvalue weighted by molar-refractivity contribution is 0.0400. The maximum Gasteiger partial charge on any atom is 0.410 e. The largest absolute Gasteiger partial charge is 0.445 e. The number of ether oxygens (including phenoxy) is 1. The highest BCUT2D eigenvalue weighted by atomic mass is 35.5. The molecule has 1 fully saturated rings. The van der Waals surface area contributed by atoms with Crippen LogP contribution >= 0.6 is 11.6 Å². The molecule has 0 aliphatic carbocycles. The van der Waals surface area contributed by atoms with Gasteiger partial charge in [-0.15, -0.1) is 0 Å². The highest BCUT2D eigenvalue weighted by Crippen LogP contribution is 2.31. The number of fused-ring (bicyclic) bond motifs is 1. The van der Waals surface area contributed by atoms with Crippen molar-refractivity contribution in [1.82, 2.24) is 14.8 Å². The van der Waals surface area contributed by atoms with Crippen LogP contribution in [0.5, 0.6) is 0 Å². The number of halogens is 2. The van der Waals surface area contributed by atoms with Gasteiger partial charge in [-0.05, 0) is 30.2 Å². The molecule has 2 aliphatic heterocycles. The molecule has 3 aromatic rings. The van der Waals surface area contributed by atoms with E-state index in [9.17, 15) is 18.8 Å². The normalized spacial score (nSPS) is 18.7. The number of likely N-dealkylation sites (tertiary alicyclic amines) is 1. The van der Waals surface area contributed by atoms with Gasteiger partial charge in [0.05, 0.1) is 28.8 Å². The van der Waals surface area contributed by atoms with Crippen LogP contribution < -0.4 is 5.32 Å². The van der Waals surface area contributed by atoms with E-state index in [0.717, 1.165) is 16.5 Å². The number of benzene rings is 2. The number of piperidine rings is 1. The molecule has 1 aromatic heterocycles. The maximum atomic E-state index is 14.7. The van der Waals surface area contributed by atoms with E-state index in [1.165, 1.54) is 4.90 Å². The molecule has 0 bridgehead atoms. The van der Waals surface area contributed by atoms with E-state index in [1.54, 1.807) is 30.3 Å². The second kappa shape index (κ2) is 10.5. The van der Waals surface area contributed by atoms with Gasteiger partial charge in [-0.2, -0.15) is 5.26 Å². The van der Waals surface area contributed by atoms with Gasteiger partial charge in [-0.3, -0.25) is 14.5 Å². The minimum absolute atomic E-state index is 0.0393. The molecule has 3 amide bonds. The Hall–Kier alpha value is -4.49. The summed E-state index contributed by atoms with van der Waals surface area (Å²) in [5, 5.41) is 11.9. The SMILES string of the molecule is N#Cc1cc(F)c(N[C@@H]2CCN(C(=O)OCc3ccccc3)C[C@@H]2N2C(=O)c3ccccc3C2=O)nc1Cl. The lowest BCUT2D eigenvalue weighted by atomic mass is 9.97. The molecule has 0 unspecified atom stereocenters. The van der Waals surface area contributed by atoms with Crippen LogP contribution in [-0.4, -0.2) is 57.9 Å². The Balaban J connectivity index is 1.41. The number of pyridine rings is 1. The zero-order valence-electron chi connectivity index (χ0n) is 19.9. The van der Waals surface area contributed by atoms with Crippen LogP contribution in [0.3, 0.4) is 0 Å². The zero-order valence-corrected chi connectivity index (χ0v) is 20.7. The molecule has 9 nitrogen and oxygen atoms in total. The molecule has 11 heteroatoms. The number of amides is 3. The third-order valence-electron chi connectivity index (χ3n) is 6.57. The van der Waals surface area contributed by atoms with Crippen molar-refractivity contribution in [1.29, 1.82) is 5.26 Å². The van der Waals surface area contributed by atoms with Crippen molar-refractivity contribution in [3.8, 4) is 6.07 Å². The van der Waals surface area contributed by atoms with E-state index in [0.29, 0.717) is 0 Å². The Kier molecular flexibility index (Phi) is 6.94. The number of nitriles is 1.